The Labute approximate surface area is 100 Å². The van der Waals surface area contributed by atoms with Crippen LogP contribution in [0.25, 0.3) is 0 Å². The second kappa shape index (κ2) is 5.19. The van der Waals surface area contributed by atoms with Crippen LogP contribution < -0.4 is 5.32 Å². The third kappa shape index (κ3) is 2.65. The molecule has 0 aliphatic heterocycles. The SMILES string of the molecule is CC(NCc1ccccc1Cl)c1ccco1. The fraction of sp³-hybridized carbons (Fsp3) is 0.231. The van der Waals surface area contributed by atoms with Crippen molar-refractivity contribution in [2.24, 2.45) is 0 Å². The molecule has 0 bridgehead atoms. The molecule has 0 fully saturated rings. The second-order valence-electron chi connectivity index (χ2n) is 3.71. The highest BCUT2D eigenvalue weighted by atomic mass is 35.5. The number of rotatable bonds is 4. The van der Waals surface area contributed by atoms with Gasteiger partial charge >= 0.3 is 0 Å². The summed E-state index contributed by atoms with van der Waals surface area (Å²) in [6, 6.07) is 11.9. The first-order valence-electron chi connectivity index (χ1n) is 5.27. The zero-order valence-electron chi connectivity index (χ0n) is 9.11. The van der Waals surface area contributed by atoms with Crippen LogP contribution in [0, 0.1) is 0 Å². The molecule has 1 N–H and O–H groups in total. The van der Waals surface area contributed by atoms with Crippen molar-refractivity contribution in [2.75, 3.05) is 0 Å². The minimum absolute atomic E-state index is 0.186. The highest BCUT2D eigenvalue weighted by Gasteiger charge is 2.07. The van der Waals surface area contributed by atoms with Crippen LogP contribution in [0.2, 0.25) is 5.02 Å². The van der Waals surface area contributed by atoms with E-state index in [0.717, 1.165) is 22.9 Å². The molecule has 1 aromatic carbocycles. The van der Waals surface area contributed by atoms with Gasteiger partial charge in [-0.3, -0.25) is 0 Å². The number of benzene rings is 1. The predicted octanol–water partition coefficient (Wildman–Crippen LogP) is 3.78. The van der Waals surface area contributed by atoms with E-state index in [4.69, 9.17) is 16.0 Å². The van der Waals surface area contributed by atoms with Crippen LogP contribution in [-0.4, -0.2) is 0 Å². The number of furan rings is 1. The molecule has 0 spiro atoms. The third-order valence-electron chi connectivity index (χ3n) is 2.53. The summed E-state index contributed by atoms with van der Waals surface area (Å²) in [6.45, 7) is 2.80. The van der Waals surface area contributed by atoms with Gasteiger partial charge in [-0.1, -0.05) is 29.8 Å². The Morgan fingerprint density at radius 3 is 2.75 bits per heavy atom. The van der Waals surface area contributed by atoms with Crippen LogP contribution in [0.1, 0.15) is 24.3 Å². The second-order valence-corrected chi connectivity index (χ2v) is 4.12. The van der Waals surface area contributed by atoms with Crippen LogP contribution in [0.4, 0.5) is 0 Å². The van der Waals surface area contributed by atoms with E-state index in [-0.39, 0.29) is 6.04 Å². The molecular formula is C13H14ClNO. The molecule has 2 aromatic rings. The standard InChI is InChI=1S/C13H14ClNO/c1-10(13-7-4-8-16-13)15-9-11-5-2-3-6-12(11)14/h2-8,10,15H,9H2,1H3. The maximum absolute atomic E-state index is 6.07. The summed E-state index contributed by atoms with van der Waals surface area (Å²) in [5.41, 5.74) is 1.10. The van der Waals surface area contributed by atoms with E-state index in [1.54, 1.807) is 6.26 Å². The van der Waals surface area contributed by atoms with Gasteiger partial charge in [-0.25, -0.2) is 0 Å². The first-order valence-corrected chi connectivity index (χ1v) is 5.65. The van der Waals surface area contributed by atoms with Crippen LogP contribution in [0.3, 0.4) is 0 Å². The lowest BCUT2D eigenvalue weighted by atomic mass is 10.2. The van der Waals surface area contributed by atoms with Crippen molar-refractivity contribution >= 4 is 11.6 Å². The highest BCUT2D eigenvalue weighted by Crippen LogP contribution is 2.17. The number of hydrogen-bond donors (Lipinski definition) is 1. The third-order valence-corrected chi connectivity index (χ3v) is 2.90. The van der Waals surface area contributed by atoms with Crippen molar-refractivity contribution in [2.45, 2.75) is 19.5 Å². The largest absolute Gasteiger partial charge is 0.468 e. The van der Waals surface area contributed by atoms with Gasteiger partial charge in [-0.15, -0.1) is 0 Å². The summed E-state index contributed by atoms with van der Waals surface area (Å²) in [5, 5.41) is 4.16. The van der Waals surface area contributed by atoms with Gasteiger partial charge in [-0.2, -0.15) is 0 Å². The topological polar surface area (TPSA) is 25.2 Å². The molecule has 1 aromatic heterocycles. The minimum Gasteiger partial charge on any atom is -0.468 e. The Hall–Kier alpha value is -1.25. The summed E-state index contributed by atoms with van der Waals surface area (Å²) in [7, 11) is 0. The van der Waals surface area contributed by atoms with Crippen LogP contribution >= 0.6 is 11.6 Å². The maximum atomic E-state index is 6.07. The van der Waals surface area contributed by atoms with Crippen molar-refractivity contribution in [1.82, 2.24) is 5.32 Å². The monoisotopic (exact) mass is 235 g/mol. The first kappa shape index (κ1) is 11.2. The average Bonchev–Trinajstić information content (AvgIpc) is 2.81. The average molecular weight is 236 g/mol. The van der Waals surface area contributed by atoms with Crippen LogP contribution in [0.15, 0.2) is 47.1 Å². The zero-order valence-corrected chi connectivity index (χ0v) is 9.87. The lowest BCUT2D eigenvalue weighted by Crippen LogP contribution is -2.17. The van der Waals surface area contributed by atoms with E-state index >= 15 is 0 Å². The Kier molecular flexibility index (Phi) is 3.65. The zero-order chi connectivity index (χ0) is 11.4. The van der Waals surface area contributed by atoms with Gasteiger partial charge < -0.3 is 9.73 Å². The minimum atomic E-state index is 0.186. The van der Waals surface area contributed by atoms with Crippen molar-refractivity contribution in [3.63, 3.8) is 0 Å². The van der Waals surface area contributed by atoms with Gasteiger partial charge in [-0.05, 0) is 30.7 Å². The lowest BCUT2D eigenvalue weighted by molar-refractivity contribution is 0.430. The lowest BCUT2D eigenvalue weighted by Gasteiger charge is -2.11. The summed E-state index contributed by atoms with van der Waals surface area (Å²) in [6.07, 6.45) is 1.68. The quantitative estimate of drug-likeness (QED) is 0.873. The number of nitrogens with one attached hydrogen (secondary N) is 1. The van der Waals surface area contributed by atoms with Crippen molar-refractivity contribution in [1.29, 1.82) is 0 Å². The Morgan fingerprint density at radius 2 is 2.06 bits per heavy atom. The summed E-state index contributed by atoms with van der Waals surface area (Å²) in [4.78, 5) is 0. The van der Waals surface area contributed by atoms with Crippen LogP contribution in [-0.2, 0) is 6.54 Å². The van der Waals surface area contributed by atoms with Gasteiger partial charge in [0.25, 0.3) is 0 Å². The highest BCUT2D eigenvalue weighted by molar-refractivity contribution is 6.31. The molecule has 1 atom stereocenters. The van der Waals surface area contributed by atoms with E-state index in [0.29, 0.717) is 0 Å². The Balaban J connectivity index is 1.95. The molecule has 1 heterocycles. The molecule has 16 heavy (non-hydrogen) atoms. The molecule has 0 aliphatic carbocycles. The van der Waals surface area contributed by atoms with Crippen molar-refractivity contribution < 1.29 is 4.42 Å². The Morgan fingerprint density at radius 1 is 1.25 bits per heavy atom. The van der Waals surface area contributed by atoms with E-state index < -0.39 is 0 Å². The molecule has 0 saturated carbocycles. The summed E-state index contributed by atoms with van der Waals surface area (Å²) >= 11 is 6.07. The normalized spacial score (nSPS) is 12.6. The van der Waals surface area contributed by atoms with Gasteiger partial charge in [0.05, 0.1) is 12.3 Å². The number of halogens is 1. The van der Waals surface area contributed by atoms with Gasteiger partial charge in [0.2, 0.25) is 0 Å². The predicted molar refractivity (Wildman–Crippen MR) is 65.4 cm³/mol. The van der Waals surface area contributed by atoms with Crippen LogP contribution in [0.5, 0.6) is 0 Å². The van der Waals surface area contributed by atoms with Crippen molar-refractivity contribution in [3.05, 3.63) is 59.0 Å². The van der Waals surface area contributed by atoms with Gasteiger partial charge in [0.1, 0.15) is 5.76 Å². The molecule has 84 valence electrons. The molecule has 2 rings (SSSR count). The molecule has 2 nitrogen and oxygen atoms in total. The molecule has 3 heteroatoms. The number of hydrogen-bond acceptors (Lipinski definition) is 2. The van der Waals surface area contributed by atoms with E-state index in [9.17, 15) is 0 Å². The fourth-order valence-corrected chi connectivity index (χ4v) is 1.75. The van der Waals surface area contributed by atoms with E-state index in [1.165, 1.54) is 0 Å². The Bertz CT molecular complexity index is 439. The van der Waals surface area contributed by atoms with Gasteiger partial charge in [0.15, 0.2) is 0 Å². The molecular weight excluding hydrogens is 222 g/mol. The molecule has 0 amide bonds. The molecule has 0 saturated heterocycles. The van der Waals surface area contributed by atoms with Gasteiger partial charge in [0, 0.05) is 11.6 Å². The maximum Gasteiger partial charge on any atom is 0.120 e. The summed E-state index contributed by atoms with van der Waals surface area (Å²) < 4.78 is 5.32. The van der Waals surface area contributed by atoms with E-state index in [2.05, 4.69) is 12.2 Å². The fourth-order valence-electron chi connectivity index (χ4n) is 1.54. The summed E-state index contributed by atoms with van der Waals surface area (Å²) in [5.74, 6) is 0.937. The first-order chi connectivity index (χ1) is 7.77. The molecule has 0 radical (unpaired) electrons. The smallest absolute Gasteiger partial charge is 0.120 e. The van der Waals surface area contributed by atoms with E-state index in [1.807, 2.05) is 36.4 Å². The molecule has 1 unspecified atom stereocenters. The molecule has 0 aliphatic rings. The van der Waals surface area contributed by atoms with Crippen molar-refractivity contribution in [3.8, 4) is 0 Å².